The summed E-state index contributed by atoms with van der Waals surface area (Å²) in [4.78, 5) is 12.9. The van der Waals surface area contributed by atoms with Crippen LogP contribution >= 0.6 is 0 Å². The largest absolute Gasteiger partial charge is 0.507 e. The number of methoxy groups -OCH3 is 1. The average Bonchev–Trinajstić information content (AvgIpc) is 2.76. The van der Waals surface area contributed by atoms with Crippen molar-refractivity contribution >= 4 is 11.0 Å². The van der Waals surface area contributed by atoms with Gasteiger partial charge < -0.3 is 44.5 Å². The standard InChI is InChI=1S/C22H22O10/c1-8-18(27)19(28)20(29)22(31-8)17-15(30-2)7-13(26)16-12(25)6-14(32-21(16)17)9-3-4-10(23)11(24)5-9/h3-8,18-20,22-24,26-29H,1-2H3. The Balaban J connectivity index is 2.01. The lowest BCUT2D eigenvalue weighted by Gasteiger charge is -2.39. The van der Waals surface area contributed by atoms with Crippen LogP contribution in [-0.4, -0.2) is 62.2 Å². The Morgan fingerprint density at radius 3 is 2.28 bits per heavy atom. The van der Waals surface area contributed by atoms with Crippen molar-refractivity contribution in [2.45, 2.75) is 37.4 Å². The van der Waals surface area contributed by atoms with E-state index in [4.69, 9.17) is 13.9 Å². The van der Waals surface area contributed by atoms with Crippen LogP contribution in [0.4, 0.5) is 0 Å². The van der Waals surface area contributed by atoms with E-state index in [-0.39, 0.29) is 39.4 Å². The van der Waals surface area contributed by atoms with Crippen molar-refractivity contribution in [2.24, 2.45) is 0 Å². The molecular formula is C22H22O10. The van der Waals surface area contributed by atoms with E-state index in [2.05, 4.69) is 0 Å². The monoisotopic (exact) mass is 446 g/mol. The molecule has 0 saturated carbocycles. The molecule has 4 rings (SSSR count). The van der Waals surface area contributed by atoms with Gasteiger partial charge in [0.2, 0.25) is 0 Å². The van der Waals surface area contributed by atoms with E-state index < -0.39 is 47.4 Å². The normalized spacial score (nSPS) is 25.7. The van der Waals surface area contributed by atoms with E-state index in [9.17, 15) is 35.4 Å². The second-order valence-corrected chi connectivity index (χ2v) is 7.63. The van der Waals surface area contributed by atoms with Crippen LogP contribution in [-0.2, 0) is 4.74 Å². The van der Waals surface area contributed by atoms with Crippen molar-refractivity contribution < 1.29 is 44.5 Å². The molecule has 1 fully saturated rings. The van der Waals surface area contributed by atoms with E-state index in [0.29, 0.717) is 0 Å². The van der Waals surface area contributed by atoms with E-state index in [0.717, 1.165) is 6.07 Å². The summed E-state index contributed by atoms with van der Waals surface area (Å²) >= 11 is 0. The van der Waals surface area contributed by atoms with Crippen LogP contribution in [0.3, 0.4) is 0 Å². The van der Waals surface area contributed by atoms with Gasteiger partial charge in [-0.2, -0.15) is 0 Å². The molecule has 0 bridgehead atoms. The number of fused-ring (bicyclic) bond motifs is 1. The van der Waals surface area contributed by atoms with Crippen LogP contribution in [0.1, 0.15) is 18.6 Å². The summed E-state index contributed by atoms with van der Waals surface area (Å²) in [7, 11) is 1.30. The van der Waals surface area contributed by atoms with Crippen LogP contribution < -0.4 is 10.2 Å². The maximum atomic E-state index is 12.9. The number of aliphatic hydroxyl groups is 3. The van der Waals surface area contributed by atoms with E-state index in [1.807, 2.05) is 0 Å². The van der Waals surface area contributed by atoms with Gasteiger partial charge in [0.1, 0.15) is 47.1 Å². The maximum Gasteiger partial charge on any atom is 0.197 e. The summed E-state index contributed by atoms with van der Waals surface area (Å²) < 4.78 is 17.0. The van der Waals surface area contributed by atoms with Gasteiger partial charge in [-0.3, -0.25) is 4.79 Å². The van der Waals surface area contributed by atoms with Gasteiger partial charge in [-0.25, -0.2) is 0 Å². The maximum absolute atomic E-state index is 12.9. The number of hydrogen-bond donors (Lipinski definition) is 6. The molecule has 0 spiro atoms. The Hall–Kier alpha value is -3.31. The minimum atomic E-state index is -1.60. The molecule has 32 heavy (non-hydrogen) atoms. The zero-order valence-electron chi connectivity index (χ0n) is 17.1. The molecule has 1 aromatic heterocycles. The van der Waals surface area contributed by atoms with Crippen LogP contribution in [0.15, 0.2) is 39.5 Å². The molecule has 10 nitrogen and oxygen atoms in total. The Morgan fingerprint density at radius 2 is 1.62 bits per heavy atom. The summed E-state index contributed by atoms with van der Waals surface area (Å²) in [6.45, 7) is 1.50. The number of hydrogen-bond acceptors (Lipinski definition) is 10. The zero-order chi connectivity index (χ0) is 23.3. The molecule has 2 aromatic carbocycles. The molecular weight excluding hydrogens is 424 g/mol. The fraction of sp³-hybridized carbons (Fsp3) is 0.318. The first-order valence-electron chi connectivity index (χ1n) is 9.73. The van der Waals surface area contributed by atoms with Crippen molar-refractivity contribution in [3.05, 3.63) is 46.1 Å². The van der Waals surface area contributed by atoms with Gasteiger partial charge in [-0.05, 0) is 25.1 Å². The summed E-state index contributed by atoms with van der Waals surface area (Å²) in [6, 6.07) is 6.08. The quantitative estimate of drug-likeness (QED) is 0.321. The lowest BCUT2D eigenvalue weighted by molar-refractivity contribution is -0.219. The molecule has 6 N–H and O–H groups in total. The summed E-state index contributed by atoms with van der Waals surface area (Å²) in [5.74, 6) is -1.23. The third-order valence-electron chi connectivity index (χ3n) is 5.60. The highest BCUT2D eigenvalue weighted by molar-refractivity contribution is 5.89. The minimum absolute atomic E-state index is 0.00867. The Morgan fingerprint density at radius 1 is 0.906 bits per heavy atom. The number of phenols is 3. The molecule has 10 heteroatoms. The Bertz CT molecular complexity index is 1230. The van der Waals surface area contributed by atoms with E-state index >= 15 is 0 Å². The molecule has 0 radical (unpaired) electrons. The summed E-state index contributed by atoms with van der Waals surface area (Å²) in [5.41, 5.74) is -0.500. The lowest BCUT2D eigenvalue weighted by Crippen LogP contribution is -2.53. The highest BCUT2D eigenvalue weighted by atomic mass is 16.5. The van der Waals surface area contributed by atoms with Crippen LogP contribution in [0.25, 0.3) is 22.3 Å². The van der Waals surface area contributed by atoms with Crippen molar-refractivity contribution in [1.29, 1.82) is 0 Å². The molecule has 1 aliphatic heterocycles. The lowest BCUT2D eigenvalue weighted by atomic mass is 9.90. The molecule has 0 amide bonds. The fourth-order valence-electron chi connectivity index (χ4n) is 3.86. The predicted molar refractivity (Wildman–Crippen MR) is 111 cm³/mol. The number of ether oxygens (including phenoxy) is 2. The van der Waals surface area contributed by atoms with Gasteiger partial charge in [-0.15, -0.1) is 0 Å². The van der Waals surface area contributed by atoms with Crippen molar-refractivity contribution in [2.75, 3.05) is 7.11 Å². The highest BCUT2D eigenvalue weighted by Crippen LogP contribution is 2.44. The number of aromatic hydroxyl groups is 3. The molecule has 1 saturated heterocycles. The topological polar surface area (TPSA) is 170 Å². The van der Waals surface area contributed by atoms with Gasteiger partial charge in [0, 0.05) is 17.7 Å². The smallest absolute Gasteiger partial charge is 0.197 e. The van der Waals surface area contributed by atoms with Gasteiger partial charge in [0.15, 0.2) is 22.5 Å². The molecule has 0 aliphatic carbocycles. The Labute approximate surface area is 181 Å². The second kappa shape index (κ2) is 7.99. The molecule has 5 atom stereocenters. The third kappa shape index (κ3) is 3.43. The van der Waals surface area contributed by atoms with Crippen LogP contribution in [0.5, 0.6) is 23.0 Å². The number of phenolic OH excluding ortho intramolecular Hbond substituents is 3. The first-order valence-corrected chi connectivity index (χ1v) is 9.73. The van der Waals surface area contributed by atoms with Gasteiger partial charge >= 0.3 is 0 Å². The van der Waals surface area contributed by atoms with Crippen LogP contribution in [0.2, 0.25) is 0 Å². The number of rotatable bonds is 3. The van der Waals surface area contributed by atoms with Crippen molar-refractivity contribution in [3.8, 4) is 34.3 Å². The molecule has 1 aliphatic rings. The first-order chi connectivity index (χ1) is 15.1. The van der Waals surface area contributed by atoms with E-state index in [1.165, 1.54) is 38.3 Å². The first kappa shape index (κ1) is 21.9. The van der Waals surface area contributed by atoms with Crippen molar-refractivity contribution in [3.63, 3.8) is 0 Å². The van der Waals surface area contributed by atoms with Gasteiger partial charge in [0.05, 0.1) is 18.8 Å². The molecule has 2 heterocycles. The SMILES string of the molecule is COc1cc(O)c2c(=O)cc(-c3ccc(O)c(O)c3)oc2c1C1OC(C)C(O)C(O)C1O. The summed E-state index contributed by atoms with van der Waals surface area (Å²) in [5, 5.41) is 60.5. The molecule has 5 unspecified atom stereocenters. The van der Waals surface area contributed by atoms with Gasteiger partial charge in [0.25, 0.3) is 0 Å². The number of benzene rings is 2. The minimum Gasteiger partial charge on any atom is -0.507 e. The fourth-order valence-corrected chi connectivity index (χ4v) is 3.86. The molecule has 170 valence electrons. The van der Waals surface area contributed by atoms with Gasteiger partial charge in [-0.1, -0.05) is 0 Å². The zero-order valence-corrected chi connectivity index (χ0v) is 17.1. The average molecular weight is 446 g/mol. The number of aliphatic hydroxyl groups excluding tert-OH is 3. The van der Waals surface area contributed by atoms with Crippen LogP contribution in [0, 0.1) is 0 Å². The predicted octanol–water partition coefficient (Wildman–Crippen LogP) is 1.13. The second-order valence-electron chi connectivity index (χ2n) is 7.63. The van der Waals surface area contributed by atoms with E-state index in [1.54, 1.807) is 0 Å². The third-order valence-corrected chi connectivity index (χ3v) is 5.60. The Kier molecular flexibility index (Phi) is 5.47. The highest BCUT2D eigenvalue weighted by Gasteiger charge is 2.44. The van der Waals surface area contributed by atoms with Crippen molar-refractivity contribution in [1.82, 2.24) is 0 Å². The molecule has 3 aromatic rings. The summed E-state index contributed by atoms with van der Waals surface area (Å²) in [6.07, 6.45) is -6.65.